The normalized spacial score (nSPS) is 12.6. The summed E-state index contributed by atoms with van der Waals surface area (Å²) in [5.41, 5.74) is -0.109. The van der Waals surface area contributed by atoms with E-state index in [4.69, 9.17) is 14.6 Å². The van der Waals surface area contributed by atoms with Crippen molar-refractivity contribution < 1.29 is 29.0 Å². The highest BCUT2D eigenvalue weighted by atomic mass is 16.5. The topological polar surface area (TPSA) is 89.9 Å². The number of esters is 2. The summed E-state index contributed by atoms with van der Waals surface area (Å²) in [6.45, 7) is 11.1. The lowest BCUT2D eigenvalue weighted by Crippen LogP contribution is -2.34. The first-order chi connectivity index (χ1) is 13.1. The van der Waals surface area contributed by atoms with Gasteiger partial charge in [0.25, 0.3) is 0 Å². The fourth-order valence-corrected chi connectivity index (χ4v) is 3.43. The smallest absolute Gasteiger partial charge is 0.309 e. The van der Waals surface area contributed by atoms with Gasteiger partial charge in [0.05, 0.1) is 19.1 Å². The summed E-state index contributed by atoms with van der Waals surface area (Å²) < 4.78 is 10.6. The molecule has 1 unspecified atom stereocenters. The third kappa shape index (κ3) is 13.6. The lowest BCUT2D eigenvalue weighted by molar-refractivity contribution is -0.154. The molecule has 6 heteroatoms. The van der Waals surface area contributed by atoms with E-state index in [1.165, 1.54) is 0 Å². The van der Waals surface area contributed by atoms with Crippen molar-refractivity contribution in [2.24, 2.45) is 17.3 Å². The van der Waals surface area contributed by atoms with Gasteiger partial charge in [-0.2, -0.15) is 0 Å². The Hall–Kier alpha value is -1.59. The number of carbonyl (C=O) groups excluding carboxylic acids is 2. The lowest BCUT2D eigenvalue weighted by atomic mass is 9.74. The molecule has 0 aromatic rings. The second kappa shape index (κ2) is 14.4. The number of ether oxygens (including phenoxy) is 2. The molecule has 0 fully saturated rings. The van der Waals surface area contributed by atoms with Crippen molar-refractivity contribution in [2.75, 3.05) is 13.2 Å². The molecule has 0 aromatic carbocycles. The zero-order valence-corrected chi connectivity index (χ0v) is 18.4. The number of hydrogen-bond donors (Lipinski definition) is 1. The molecule has 0 saturated heterocycles. The first-order valence-corrected chi connectivity index (χ1v) is 10.6. The van der Waals surface area contributed by atoms with E-state index >= 15 is 0 Å². The van der Waals surface area contributed by atoms with Crippen LogP contribution in [0, 0.1) is 17.3 Å². The summed E-state index contributed by atoms with van der Waals surface area (Å²) in [6.07, 6.45) is 6.02. The molecule has 0 saturated carbocycles. The molecule has 0 aromatic heterocycles. The second-order valence-corrected chi connectivity index (χ2v) is 8.84. The average molecular weight is 401 g/mol. The molecule has 0 bridgehead atoms. The summed E-state index contributed by atoms with van der Waals surface area (Å²) in [4.78, 5) is 34.3. The number of hydrogen-bond acceptors (Lipinski definition) is 5. The highest BCUT2D eigenvalue weighted by Crippen LogP contribution is 2.33. The van der Waals surface area contributed by atoms with E-state index in [-0.39, 0.29) is 35.6 Å². The highest BCUT2D eigenvalue weighted by molar-refractivity contribution is 5.73. The maximum absolute atomic E-state index is 12.3. The average Bonchev–Trinajstić information content (AvgIpc) is 2.55. The van der Waals surface area contributed by atoms with Crippen molar-refractivity contribution in [3.05, 3.63) is 0 Å². The lowest BCUT2D eigenvalue weighted by Gasteiger charge is -2.31. The van der Waals surface area contributed by atoms with E-state index in [2.05, 4.69) is 20.8 Å². The molecule has 0 aliphatic carbocycles. The Morgan fingerprint density at radius 1 is 0.786 bits per heavy atom. The van der Waals surface area contributed by atoms with E-state index < -0.39 is 5.97 Å². The number of unbranched alkanes of at least 4 members (excludes halogenated alkanes) is 5. The van der Waals surface area contributed by atoms with Gasteiger partial charge in [-0.1, -0.05) is 47.5 Å². The Bertz CT molecular complexity index is 464. The van der Waals surface area contributed by atoms with Crippen molar-refractivity contribution in [3.8, 4) is 0 Å². The first kappa shape index (κ1) is 26.4. The van der Waals surface area contributed by atoms with Crippen LogP contribution in [0.3, 0.4) is 0 Å². The van der Waals surface area contributed by atoms with Crippen LogP contribution in [0.2, 0.25) is 0 Å². The zero-order chi connectivity index (χ0) is 21.6. The minimum Gasteiger partial charge on any atom is -0.481 e. The van der Waals surface area contributed by atoms with Gasteiger partial charge in [0, 0.05) is 12.8 Å². The molecule has 28 heavy (non-hydrogen) atoms. The summed E-state index contributed by atoms with van der Waals surface area (Å²) in [7, 11) is 0. The summed E-state index contributed by atoms with van der Waals surface area (Å²) in [6, 6.07) is 0. The molecule has 0 aliphatic heterocycles. The Morgan fingerprint density at radius 3 is 1.82 bits per heavy atom. The van der Waals surface area contributed by atoms with Gasteiger partial charge in [0.15, 0.2) is 0 Å². The van der Waals surface area contributed by atoms with Crippen LogP contribution in [0.4, 0.5) is 0 Å². The van der Waals surface area contributed by atoms with Crippen molar-refractivity contribution in [1.29, 1.82) is 0 Å². The Kier molecular flexibility index (Phi) is 13.6. The Morgan fingerprint density at radius 2 is 1.29 bits per heavy atom. The van der Waals surface area contributed by atoms with Gasteiger partial charge in [-0.3, -0.25) is 14.4 Å². The number of carboxylic acid groups (broad SMARTS) is 1. The molecular weight excluding hydrogens is 360 g/mol. The van der Waals surface area contributed by atoms with Gasteiger partial charge < -0.3 is 14.6 Å². The SMILES string of the molecule is CC(C)C(C(=O)OCCCCCCC(=O)OCCCCCC(=O)O)C(C)(C)C. The number of carboxylic acids is 1. The number of aliphatic carboxylic acids is 1. The third-order valence-electron chi connectivity index (χ3n) is 4.67. The monoisotopic (exact) mass is 400 g/mol. The standard InChI is InChI=1S/C22H40O6/c1-17(2)20(22(3,4)5)21(26)28-16-11-7-6-10-14-19(25)27-15-12-8-9-13-18(23)24/h17,20H,6-16H2,1-5H3,(H,23,24). The largest absolute Gasteiger partial charge is 0.481 e. The van der Waals surface area contributed by atoms with Crippen molar-refractivity contribution >= 4 is 17.9 Å². The molecule has 0 radical (unpaired) electrons. The Balaban J connectivity index is 3.67. The summed E-state index contributed by atoms with van der Waals surface area (Å²) >= 11 is 0. The van der Waals surface area contributed by atoms with E-state index in [9.17, 15) is 14.4 Å². The molecule has 0 amide bonds. The highest BCUT2D eigenvalue weighted by Gasteiger charge is 2.34. The van der Waals surface area contributed by atoms with E-state index in [1.807, 2.05) is 13.8 Å². The van der Waals surface area contributed by atoms with Crippen LogP contribution in [-0.2, 0) is 23.9 Å². The second-order valence-electron chi connectivity index (χ2n) is 8.84. The van der Waals surface area contributed by atoms with Gasteiger partial charge in [0.1, 0.15) is 0 Å². The third-order valence-corrected chi connectivity index (χ3v) is 4.67. The summed E-state index contributed by atoms with van der Waals surface area (Å²) in [5.74, 6) is -0.966. The van der Waals surface area contributed by atoms with Crippen molar-refractivity contribution in [1.82, 2.24) is 0 Å². The number of rotatable bonds is 15. The minimum atomic E-state index is -0.791. The minimum absolute atomic E-state index is 0.105. The predicted molar refractivity (Wildman–Crippen MR) is 109 cm³/mol. The number of carbonyl (C=O) groups is 3. The quantitative estimate of drug-likeness (QED) is 0.308. The summed E-state index contributed by atoms with van der Waals surface area (Å²) in [5, 5.41) is 8.53. The van der Waals surface area contributed by atoms with Crippen LogP contribution in [0.1, 0.15) is 92.4 Å². The van der Waals surface area contributed by atoms with E-state index in [1.54, 1.807) is 0 Å². The van der Waals surface area contributed by atoms with E-state index in [0.29, 0.717) is 32.5 Å². The molecule has 164 valence electrons. The molecule has 6 nitrogen and oxygen atoms in total. The molecule has 0 aliphatic rings. The van der Waals surface area contributed by atoms with Gasteiger partial charge in [0.2, 0.25) is 0 Å². The van der Waals surface area contributed by atoms with Crippen LogP contribution in [0.15, 0.2) is 0 Å². The van der Waals surface area contributed by atoms with Crippen molar-refractivity contribution in [2.45, 2.75) is 92.4 Å². The van der Waals surface area contributed by atoms with Crippen LogP contribution < -0.4 is 0 Å². The predicted octanol–water partition coefficient (Wildman–Crippen LogP) is 4.99. The fraction of sp³-hybridized carbons (Fsp3) is 0.864. The van der Waals surface area contributed by atoms with Crippen LogP contribution in [0.5, 0.6) is 0 Å². The fourth-order valence-electron chi connectivity index (χ4n) is 3.43. The molecule has 0 rings (SSSR count). The molecule has 0 heterocycles. The maximum atomic E-state index is 12.3. The van der Waals surface area contributed by atoms with Crippen molar-refractivity contribution in [3.63, 3.8) is 0 Å². The van der Waals surface area contributed by atoms with Gasteiger partial charge in [-0.25, -0.2) is 0 Å². The van der Waals surface area contributed by atoms with Crippen LogP contribution >= 0.6 is 0 Å². The maximum Gasteiger partial charge on any atom is 0.309 e. The molecular formula is C22H40O6. The van der Waals surface area contributed by atoms with Gasteiger partial charge >= 0.3 is 17.9 Å². The van der Waals surface area contributed by atoms with Gasteiger partial charge in [-0.05, 0) is 43.4 Å². The molecule has 0 spiro atoms. The van der Waals surface area contributed by atoms with Crippen LogP contribution in [-0.4, -0.2) is 36.2 Å². The molecule has 1 N–H and O–H groups in total. The zero-order valence-electron chi connectivity index (χ0n) is 18.4. The Labute approximate surface area is 170 Å². The first-order valence-electron chi connectivity index (χ1n) is 10.6. The van der Waals surface area contributed by atoms with Gasteiger partial charge in [-0.15, -0.1) is 0 Å². The van der Waals surface area contributed by atoms with Crippen LogP contribution in [0.25, 0.3) is 0 Å². The molecule has 1 atom stereocenters. The van der Waals surface area contributed by atoms with E-state index in [0.717, 1.165) is 32.1 Å².